The van der Waals surface area contributed by atoms with Crippen LogP contribution >= 0.6 is 11.8 Å². The normalized spacial score (nSPS) is 22.4. The van der Waals surface area contributed by atoms with Gasteiger partial charge in [0.2, 0.25) is 5.91 Å². The van der Waals surface area contributed by atoms with Crippen LogP contribution < -0.4 is 11.1 Å². The third kappa shape index (κ3) is 4.86. The highest BCUT2D eigenvalue weighted by Gasteiger charge is 2.54. The van der Waals surface area contributed by atoms with Crippen LogP contribution in [-0.4, -0.2) is 69.9 Å². The summed E-state index contributed by atoms with van der Waals surface area (Å²) in [4.78, 5) is 58.5. The number of nitrogens with zero attached hydrogens (tertiary/aromatic N) is 1. The highest BCUT2D eigenvalue weighted by atomic mass is 32.2. The summed E-state index contributed by atoms with van der Waals surface area (Å²) < 4.78 is 4.85. The first-order chi connectivity index (χ1) is 12.8. The summed E-state index contributed by atoms with van der Waals surface area (Å²) >= 11 is 1.29. The molecule has 1 fully saturated rings. The number of fused-ring (bicyclic) bond motifs is 1. The molecule has 0 bridgehead atoms. The topological polar surface area (TPSA) is 156 Å². The summed E-state index contributed by atoms with van der Waals surface area (Å²) in [7, 11) is 0. The lowest BCUT2D eigenvalue weighted by Crippen LogP contribution is -2.70. The van der Waals surface area contributed by atoms with Gasteiger partial charge in [-0.05, 0) is 12.8 Å². The molecule has 2 rings (SSSR count). The number of carbonyl (C=O) groups is 5. The van der Waals surface area contributed by atoms with E-state index in [-0.39, 0.29) is 30.4 Å². The van der Waals surface area contributed by atoms with Crippen molar-refractivity contribution in [1.82, 2.24) is 10.2 Å². The second-order valence-electron chi connectivity index (χ2n) is 6.18. The van der Waals surface area contributed by atoms with E-state index in [1.165, 1.54) is 18.7 Å². The zero-order valence-electron chi connectivity index (χ0n) is 14.7. The molecule has 0 aromatic heterocycles. The lowest BCUT2D eigenvalue weighted by atomic mass is 10.0. The molecule has 0 aromatic rings. The summed E-state index contributed by atoms with van der Waals surface area (Å²) in [6, 6.07) is -1.43. The van der Waals surface area contributed by atoms with E-state index in [9.17, 15) is 29.1 Å². The van der Waals surface area contributed by atoms with Crippen LogP contribution in [0.3, 0.4) is 0 Å². The van der Waals surface area contributed by atoms with Crippen LogP contribution in [0.25, 0.3) is 0 Å². The van der Waals surface area contributed by atoms with Gasteiger partial charge in [-0.15, -0.1) is 11.8 Å². The Hall–Kier alpha value is -2.40. The number of esters is 1. The molecular formula is C16H21N3O7S. The number of carboxylic acids is 1. The summed E-state index contributed by atoms with van der Waals surface area (Å²) in [5, 5.41) is 11.5. The van der Waals surface area contributed by atoms with E-state index in [1.54, 1.807) is 0 Å². The molecule has 11 heteroatoms. The van der Waals surface area contributed by atoms with Crippen LogP contribution in [0.2, 0.25) is 0 Å². The number of hydrogen-bond acceptors (Lipinski definition) is 8. The Balaban J connectivity index is 1.98. The fourth-order valence-corrected chi connectivity index (χ4v) is 4.12. The number of β-lactam (4-membered cyclic amide) rings is 1. The highest BCUT2D eigenvalue weighted by Crippen LogP contribution is 2.40. The molecule has 148 valence electrons. The zero-order chi connectivity index (χ0) is 20.1. The molecule has 0 saturated carbocycles. The summed E-state index contributed by atoms with van der Waals surface area (Å²) in [5.74, 6) is -2.46. The van der Waals surface area contributed by atoms with Gasteiger partial charge in [-0.25, -0.2) is 4.79 Å². The molecule has 0 aromatic carbocycles. The number of thioether (sulfide) groups is 1. The number of carbonyl (C=O) groups excluding carboxylic acids is 4. The first-order valence-corrected chi connectivity index (χ1v) is 9.34. The van der Waals surface area contributed by atoms with E-state index in [0.29, 0.717) is 24.7 Å². The standard InChI is InChI=1S/C16H21N3O7S/c1-8(21)26-6-9-7-27-15-12(14(23)19(15)13(9)16(24)25)18-11(22)4-2-3-10(17)5-20/h5,10,12,15H,2-4,6-7,17H2,1H3,(H,18,22)(H,24,25)/t10?,12?,15-/m0/s1. The molecule has 2 unspecified atom stereocenters. The number of nitrogens with one attached hydrogen (secondary N) is 1. The molecule has 3 atom stereocenters. The van der Waals surface area contributed by atoms with E-state index < -0.39 is 35.3 Å². The molecule has 2 aliphatic rings. The Morgan fingerprint density at radius 3 is 2.78 bits per heavy atom. The molecule has 1 saturated heterocycles. The Kier molecular flexibility index (Phi) is 6.97. The van der Waals surface area contributed by atoms with Gasteiger partial charge >= 0.3 is 11.9 Å². The summed E-state index contributed by atoms with van der Waals surface area (Å²) in [5.41, 5.74) is 5.58. The fraction of sp³-hybridized carbons (Fsp3) is 0.562. The third-order valence-electron chi connectivity index (χ3n) is 4.13. The van der Waals surface area contributed by atoms with Crippen molar-refractivity contribution >= 4 is 41.8 Å². The molecule has 2 amide bonds. The van der Waals surface area contributed by atoms with Crippen molar-refractivity contribution in [2.75, 3.05) is 12.4 Å². The quantitative estimate of drug-likeness (QED) is 0.251. The van der Waals surface area contributed by atoms with E-state index >= 15 is 0 Å². The Bertz CT molecular complexity index is 694. The van der Waals surface area contributed by atoms with Gasteiger partial charge in [0.25, 0.3) is 5.91 Å². The number of hydrogen-bond donors (Lipinski definition) is 3. The Morgan fingerprint density at radius 2 is 2.19 bits per heavy atom. The molecule has 4 N–H and O–H groups in total. The Labute approximate surface area is 159 Å². The first kappa shape index (κ1) is 20.9. The van der Waals surface area contributed by atoms with Crippen molar-refractivity contribution in [3.63, 3.8) is 0 Å². The maximum Gasteiger partial charge on any atom is 0.352 e. The van der Waals surface area contributed by atoms with E-state index in [0.717, 1.165) is 4.90 Å². The zero-order valence-corrected chi connectivity index (χ0v) is 15.5. The number of aldehydes is 1. The number of ether oxygens (including phenoxy) is 1. The molecule has 10 nitrogen and oxygen atoms in total. The van der Waals surface area contributed by atoms with Crippen LogP contribution in [0.15, 0.2) is 11.3 Å². The smallest absolute Gasteiger partial charge is 0.352 e. The Morgan fingerprint density at radius 1 is 1.48 bits per heavy atom. The van der Waals surface area contributed by atoms with Gasteiger partial charge < -0.3 is 25.7 Å². The summed E-state index contributed by atoms with van der Waals surface area (Å²) in [6.07, 6.45) is 1.49. The molecular weight excluding hydrogens is 378 g/mol. The average Bonchev–Trinajstić information content (AvgIpc) is 2.62. The largest absolute Gasteiger partial charge is 0.477 e. The van der Waals surface area contributed by atoms with Crippen molar-refractivity contribution in [3.05, 3.63) is 11.3 Å². The van der Waals surface area contributed by atoms with E-state index in [4.69, 9.17) is 10.5 Å². The predicted molar refractivity (Wildman–Crippen MR) is 94.2 cm³/mol. The second kappa shape index (κ2) is 9.00. The lowest BCUT2D eigenvalue weighted by molar-refractivity contribution is -0.151. The van der Waals surface area contributed by atoms with Gasteiger partial charge in [-0.2, -0.15) is 0 Å². The van der Waals surface area contributed by atoms with E-state index in [1.807, 2.05) is 0 Å². The predicted octanol–water partition coefficient (Wildman–Crippen LogP) is -1.02. The van der Waals surface area contributed by atoms with Crippen LogP contribution in [0.5, 0.6) is 0 Å². The average molecular weight is 399 g/mol. The number of amides is 2. The minimum absolute atomic E-state index is 0.113. The molecule has 0 radical (unpaired) electrons. The SMILES string of the molecule is CC(=O)OCC1=C(C(=O)O)N2C(=O)C(NC(=O)CCCC(N)C=O)[C@@H]2SC1. The maximum absolute atomic E-state index is 12.4. The second-order valence-corrected chi connectivity index (χ2v) is 7.29. The third-order valence-corrected chi connectivity index (χ3v) is 5.47. The van der Waals surface area contributed by atoms with Crippen LogP contribution in [0.4, 0.5) is 0 Å². The van der Waals surface area contributed by atoms with E-state index in [2.05, 4.69) is 5.32 Å². The van der Waals surface area contributed by atoms with Crippen LogP contribution in [-0.2, 0) is 28.7 Å². The van der Waals surface area contributed by atoms with Gasteiger partial charge in [-0.3, -0.25) is 19.3 Å². The molecule has 0 spiro atoms. The van der Waals surface area contributed by atoms with Crippen molar-refractivity contribution in [1.29, 1.82) is 0 Å². The van der Waals surface area contributed by atoms with Crippen LogP contribution in [0, 0.1) is 0 Å². The molecule has 0 aliphatic carbocycles. The minimum atomic E-state index is -1.29. The lowest BCUT2D eigenvalue weighted by Gasteiger charge is -2.49. The van der Waals surface area contributed by atoms with Crippen molar-refractivity contribution in [3.8, 4) is 0 Å². The summed E-state index contributed by atoms with van der Waals surface area (Å²) in [6.45, 7) is 1.01. The molecule has 2 aliphatic heterocycles. The van der Waals surface area contributed by atoms with Crippen LogP contribution in [0.1, 0.15) is 26.2 Å². The maximum atomic E-state index is 12.4. The number of rotatable bonds is 9. The first-order valence-electron chi connectivity index (χ1n) is 8.29. The van der Waals surface area contributed by atoms with Crippen molar-refractivity contribution < 1.29 is 33.8 Å². The van der Waals surface area contributed by atoms with Gasteiger partial charge in [0.15, 0.2) is 0 Å². The van der Waals surface area contributed by atoms with Gasteiger partial charge in [0.1, 0.15) is 30.0 Å². The highest BCUT2D eigenvalue weighted by molar-refractivity contribution is 8.00. The van der Waals surface area contributed by atoms with Crippen molar-refractivity contribution in [2.45, 2.75) is 43.6 Å². The minimum Gasteiger partial charge on any atom is -0.477 e. The molecule has 27 heavy (non-hydrogen) atoms. The number of aliphatic carboxylic acids is 1. The van der Waals surface area contributed by atoms with Gasteiger partial charge in [-0.1, -0.05) is 0 Å². The molecule has 2 heterocycles. The van der Waals surface area contributed by atoms with Gasteiger partial charge in [0, 0.05) is 24.7 Å². The number of nitrogens with two attached hydrogens (primary N) is 1. The number of carboxylic acid groups (broad SMARTS) is 1. The fourth-order valence-electron chi connectivity index (χ4n) is 2.80. The van der Waals surface area contributed by atoms with Crippen molar-refractivity contribution in [2.24, 2.45) is 5.73 Å². The monoisotopic (exact) mass is 399 g/mol. The van der Waals surface area contributed by atoms with Gasteiger partial charge in [0.05, 0.1) is 6.04 Å².